The maximum absolute atomic E-state index is 13.5. The van der Waals surface area contributed by atoms with Crippen molar-refractivity contribution in [2.45, 2.75) is 5.92 Å². The lowest BCUT2D eigenvalue weighted by Crippen LogP contribution is -2.26. The summed E-state index contributed by atoms with van der Waals surface area (Å²) < 4.78 is 18.9. The molecule has 1 aliphatic carbocycles. The van der Waals surface area contributed by atoms with Crippen molar-refractivity contribution in [1.29, 1.82) is 0 Å². The standard InChI is InChI=1S/C24H18FNO2/c25-23-14-6-1-8-17(23)9-7-15-26-24(27)28-16-22-20-12-4-2-10-18(20)19-11-3-5-13-21(19)22/h1-6,8,10-14,22H,15-16H2,(H,26,27). The second kappa shape index (κ2) is 7.98. The van der Waals surface area contributed by atoms with Crippen LogP contribution in [0.3, 0.4) is 0 Å². The van der Waals surface area contributed by atoms with Crippen molar-refractivity contribution in [2.24, 2.45) is 0 Å². The highest BCUT2D eigenvalue weighted by atomic mass is 19.1. The molecular formula is C24H18FNO2. The largest absolute Gasteiger partial charge is 0.449 e. The number of nitrogens with one attached hydrogen (secondary N) is 1. The van der Waals surface area contributed by atoms with Gasteiger partial charge in [-0.25, -0.2) is 9.18 Å². The van der Waals surface area contributed by atoms with Crippen LogP contribution in [-0.4, -0.2) is 19.2 Å². The first-order valence-corrected chi connectivity index (χ1v) is 9.06. The van der Waals surface area contributed by atoms with Gasteiger partial charge < -0.3 is 10.1 Å². The molecule has 0 saturated heterocycles. The van der Waals surface area contributed by atoms with E-state index in [4.69, 9.17) is 4.74 Å². The molecule has 1 amide bonds. The molecule has 0 atom stereocenters. The minimum Gasteiger partial charge on any atom is -0.449 e. The second-order valence-corrected chi connectivity index (χ2v) is 6.46. The van der Waals surface area contributed by atoms with Crippen LogP contribution in [0.15, 0.2) is 72.8 Å². The molecule has 28 heavy (non-hydrogen) atoms. The fourth-order valence-electron chi connectivity index (χ4n) is 3.47. The SMILES string of the molecule is O=C(NCC#Cc1ccccc1F)OCC1c2ccccc2-c2ccccc21. The minimum atomic E-state index is -0.537. The summed E-state index contributed by atoms with van der Waals surface area (Å²) in [6, 6.07) is 22.6. The van der Waals surface area contributed by atoms with Crippen molar-refractivity contribution >= 4 is 6.09 Å². The Morgan fingerprint density at radius 1 is 0.929 bits per heavy atom. The number of amides is 1. The molecule has 0 aromatic heterocycles. The molecule has 0 unspecified atom stereocenters. The average Bonchev–Trinajstić information content (AvgIpc) is 3.05. The number of halogens is 1. The van der Waals surface area contributed by atoms with Gasteiger partial charge in [0.2, 0.25) is 0 Å². The van der Waals surface area contributed by atoms with Crippen molar-refractivity contribution in [1.82, 2.24) is 5.32 Å². The Labute approximate surface area is 163 Å². The predicted octanol–water partition coefficient (Wildman–Crippen LogP) is 4.72. The highest BCUT2D eigenvalue weighted by Crippen LogP contribution is 2.44. The molecule has 0 bridgehead atoms. The lowest BCUT2D eigenvalue weighted by molar-refractivity contribution is 0.144. The first kappa shape index (κ1) is 17.8. The van der Waals surface area contributed by atoms with E-state index in [1.54, 1.807) is 18.2 Å². The Kier molecular flexibility index (Phi) is 5.07. The molecular weight excluding hydrogens is 353 g/mol. The van der Waals surface area contributed by atoms with Crippen LogP contribution in [-0.2, 0) is 4.74 Å². The summed E-state index contributed by atoms with van der Waals surface area (Å²) in [4.78, 5) is 12.0. The molecule has 3 nitrogen and oxygen atoms in total. The molecule has 138 valence electrons. The van der Waals surface area contributed by atoms with Crippen LogP contribution in [0.4, 0.5) is 9.18 Å². The van der Waals surface area contributed by atoms with Gasteiger partial charge in [0.1, 0.15) is 12.4 Å². The summed E-state index contributed by atoms with van der Waals surface area (Å²) in [5.74, 6) is 5.06. The maximum Gasteiger partial charge on any atom is 0.407 e. The van der Waals surface area contributed by atoms with E-state index in [0.29, 0.717) is 5.56 Å². The van der Waals surface area contributed by atoms with Crippen molar-refractivity contribution in [3.8, 4) is 23.0 Å². The van der Waals surface area contributed by atoms with E-state index in [-0.39, 0.29) is 24.9 Å². The molecule has 0 saturated carbocycles. The van der Waals surface area contributed by atoms with Gasteiger partial charge >= 0.3 is 6.09 Å². The molecule has 4 heteroatoms. The quantitative estimate of drug-likeness (QED) is 0.677. The summed E-state index contributed by atoms with van der Waals surface area (Å²) in [6.07, 6.45) is -0.537. The molecule has 0 radical (unpaired) electrons. The molecule has 0 heterocycles. The number of carbonyl (C=O) groups excluding carboxylic acids is 1. The number of rotatable bonds is 3. The van der Waals surface area contributed by atoms with Crippen molar-refractivity contribution in [3.63, 3.8) is 0 Å². The van der Waals surface area contributed by atoms with Gasteiger partial charge in [-0.15, -0.1) is 0 Å². The molecule has 1 N–H and O–H groups in total. The van der Waals surface area contributed by atoms with Gasteiger partial charge in [0.05, 0.1) is 12.1 Å². The van der Waals surface area contributed by atoms with Crippen LogP contribution >= 0.6 is 0 Å². The third kappa shape index (κ3) is 3.60. The molecule has 4 rings (SSSR count). The van der Waals surface area contributed by atoms with Gasteiger partial charge in [-0.3, -0.25) is 0 Å². The number of hydrogen-bond donors (Lipinski definition) is 1. The lowest BCUT2D eigenvalue weighted by atomic mass is 9.98. The summed E-state index contributed by atoms with van der Waals surface area (Å²) in [5, 5.41) is 2.59. The zero-order chi connectivity index (χ0) is 19.3. The number of hydrogen-bond acceptors (Lipinski definition) is 2. The minimum absolute atomic E-state index is 0.0163. The van der Waals surface area contributed by atoms with Gasteiger partial charge in [-0.1, -0.05) is 72.5 Å². The normalized spacial score (nSPS) is 11.8. The number of ether oxygens (including phenoxy) is 1. The van der Waals surface area contributed by atoms with E-state index in [2.05, 4.69) is 41.4 Å². The van der Waals surface area contributed by atoms with Gasteiger partial charge in [-0.05, 0) is 34.4 Å². The van der Waals surface area contributed by atoms with E-state index in [1.807, 2.05) is 24.3 Å². The Morgan fingerprint density at radius 3 is 2.21 bits per heavy atom. The number of alkyl carbamates (subject to hydrolysis) is 1. The van der Waals surface area contributed by atoms with Crippen LogP contribution in [0.5, 0.6) is 0 Å². The number of fused-ring (bicyclic) bond motifs is 3. The van der Waals surface area contributed by atoms with Crippen LogP contribution in [0.2, 0.25) is 0 Å². The van der Waals surface area contributed by atoms with Gasteiger partial charge in [-0.2, -0.15) is 0 Å². The Hall–Kier alpha value is -3.58. The first-order valence-electron chi connectivity index (χ1n) is 9.06. The molecule has 3 aromatic carbocycles. The van der Waals surface area contributed by atoms with Crippen LogP contribution in [0.25, 0.3) is 11.1 Å². The second-order valence-electron chi connectivity index (χ2n) is 6.46. The predicted molar refractivity (Wildman–Crippen MR) is 106 cm³/mol. The highest BCUT2D eigenvalue weighted by Gasteiger charge is 2.28. The van der Waals surface area contributed by atoms with Gasteiger partial charge in [0, 0.05) is 5.92 Å². The van der Waals surface area contributed by atoms with Crippen LogP contribution in [0, 0.1) is 17.7 Å². The highest BCUT2D eigenvalue weighted by molar-refractivity contribution is 5.79. The summed E-state index contributed by atoms with van der Waals surface area (Å²) >= 11 is 0. The summed E-state index contributed by atoms with van der Waals surface area (Å²) in [6.45, 7) is 0.339. The smallest absolute Gasteiger partial charge is 0.407 e. The first-order chi connectivity index (χ1) is 13.7. The van der Waals surface area contributed by atoms with Crippen LogP contribution < -0.4 is 5.32 Å². The number of benzene rings is 3. The van der Waals surface area contributed by atoms with Crippen molar-refractivity contribution < 1.29 is 13.9 Å². The topological polar surface area (TPSA) is 38.3 Å². The fourth-order valence-corrected chi connectivity index (χ4v) is 3.47. The zero-order valence-electron chi connectivity index (χ0n) is 15.1. The van der Waals surface area contributed by atoms with Crippen molar-refractivity contribution in [3.05, 3.63) is 95.3 Å². The third-order valence-electron chi connectivity index (χ3n) is 4.76. The van der Waals surface area contributed by atoms with Crippen molar-refractivity contribution in [2.75, 3.05) is 13.2 Å². The van der Waals surface area contributed by atoms with Gasteiger partial charge in [0.25, 0.3) is 0 Å². The Bertz CT molecular complexity index is 1040. The molecule has 0 aliphatic heterocycles. The fraction of sp³-hybridized carbons (Fsp3) is 0.125. The van der Waals surface area contributed by atoms with Gasteiger partial charge in [0.15, 0.2) is 0 Å². The van der Waals surface area contributed by atoms with E-state index in [0.717, 1.165) is 11.1 Å². The van der Waals surface area contributed by atoms with Crippen LogP contribution in [0.1, 0.15) is 22.6 Å². The lowest BCUT2D eigenvalue weighted by Gasteiger charge is -2.14. The summed E-state index contributed by atoms with van der Waals surface area (Å²) in [5.41, 5.74) is 4.99. The zero-order valence-corrected chi connectivity index (χ0v) is 15.1. The monoisotopic (exact) mass is 371 g/mol. The molecule has 0 fully saturated rings. The van der Waals surface area contributed by atoms with E-state index >= 15 is 0 Å². The molecule has 3 aromatic rings. The molecule has 0 spiro atoms. The molecule has 1 aliphatic rings. The Morgan fingerprint density at radius 2 is 1.54 bits per heavy atom. The average molecular weight is 371 g/mol. The Balaban J connectivity index is 1.36. The van der Waals surface area contributed by atoms with E-state index in [9.17, 15) is 9.18 Å². The number of carbonyl (C=O) groups is 1. The van der Waals surface area contributed by atoms with E-state index in [1.165, 1.54) is 17.2 Å². The van der Waals surface area contributed by atoms with E-state index < -0.39 is 6.09 Å². The summed E-state index contributed by atoms with van der Waals surface area (Å²) in [7, 11) is 0. The third-order valence-corrected chi connectivity index (χ3v) is 4.76. The maximum atomic E-state index is 13.5.